The summed E-state index contributed by atoms with van der Waals surface area (Å²) in [5, 5.41) is 9.00. The Balaban J connectivity index is 2.13. The Morgan fingerprint density at radius 1 is 1.50 bits per heavy atom. The summed E-state index contributed by atoms with van der Waals surface area (Å²) in [6, 6.07) is 6.91. The van der Waals surface area contributed by atoms with Crippen molar-refractivity contribution in [1.29, 1.82) is 5.26 Å². The fourth-order valence-electron chi connectivity index (χ4n) is 2.07. The number of nitrogens with zero attached hydrogens (tertiary/aromatic N) is 2. The van der Waals surface area contributed by atoms with Gasteiger partial charge >= 0.3 is 5.76 Å². The number of aryl methyl sites for hydroxylation is 1. The van der Waals surface area contributed by atoms with Gasteiger partial charge in [0, 0.05) is 12.6 Å². The lowest BCUT2D eigenvalue weighted by molar-refractivity contribution is 0.0934. The molecule has 2 aromatic rings. The highest BCUT2D eigenvalue weighted by atomic mass is 16.4. The zero-order valence-electron chi connectivity index (χ0n) is 9.77. The molecule has 5 nitrogen and oxygen atoms in total. The van der Waals surface area contributed by atoms with E-state index in [2.05, 4.69) is 6.07 Å². The standard InChI is InChI=1S/C13H10N2O3/c1-15-9-3-2-8(6-10(9)18-12(15)17)11(16)13(7-14)4-5-13/h2-3,6H,4-5H2,1H3. The highest BCUT2D eigenvalue weighted by Crippen LogP contribution is 2.47. The lowest BCUT2D eigenvalue weighted by Crippen LogP contribution is -2.13. The monoisotopic (exact) mass is 242 g/mol. The van der Waals surface area contributed by atoms with E-state index in [-0.39, 0.29) is 5.78 Å². The summed E-state index contributed by atoms with van der Waals surface area (Å²) >= 11 is 0. The average molecular weight is 242 g/mol. The van der Waals surface area contributed by atoms with E-state index in [9.17, 15) is 9.59 Å². The summed E-state index contributed by atoms with van der Waals surface area (Å²) < 4.78 is 6.40. The molecule has 0 radical (unpaired) electrons. The van der Waals surface area contributed by atoms with Gasteiger partial charge < -0.3 is 4.42 Å². The summed E-state index contributed by atoms with van der Waals surface area (Å²) in [6.45, 7) is 0. The molecule has 0 atom stereocenters. The van der Waals surface area contributed by atoms with E-state index in [1.165, 1.54) is 10.6 Å². The van der Waals surface area contributed by atoms with Crippen molar-refractivity contribution in [3.63, 3.8) is 0 Å². The van der Waals surface area contributed by atoms with Gasteiger partial charge in [0.1, 0.15) is 5.41 Å². The van der Waals surface area contributed by atoms with Crippen LogP contribution in [-0.2, 0) is 7.05 Å². The molecule has 0 N–H and O–H groups in total. The van der Waals surface area contributed by atoms with Crippen LogP contribution >= 0.6 is 0 Å². The molecule has 1 saturated carbocycles. The van der Waals surface area contributed by atoms with Gasteiger partial charge in [-0.05, 0) is 31.0 Å². The van der Waals surface area contributed by atoms with E-state index in [1.807, 2.05) is 0 Å². The number of carbonyl (C=O) groups excluding carboxylic acids is 1. The average Bonchev–Trinajstić information content (AvgIpc) is 3.12. The van der Waals surface area contributed by atoms with Gasteiger partial charge in [0.2, 0.25) is 0 Å². The van der Waals surface area contributed by atoms with E-state index in [0.717, 1.165) is 0 Å². The number of aromatic nitrogens is 1. The zero-order valence-corrected chi connectivity index (χ0v) is 9.77. The molecule has 18 heavy (non-hydrogen) atoms. The highest BCUT2D eigenvalue weighted by molar-refractivity contribution is 6.05. The molecule has 1 aromatic carbocycles. The first kappa shape index (κ1) is 10.8. The molecule has 0 saturated heterocycles. The maximum Gasteiger partial charge on any atom is 0.419 e. The second-order valence-electron chi connectivity index (χ2n) is 4.63. The molecular weight excluding hydrogens is 232 g/mol. The molecule has 0 unspecified atom stereocenters. The summed E-state index contributed by atoms with van der Waals surface area (Å²) in [5.41, 5.74) is 0.597. The van der Waals surface area contributed by atoms with Crippen molar-refractivity contribution in [2.45, 2.75) is 12.8 Å². The Morgan fingerprint density at radius 2 is 2.22 bits per heavy atom. The number of benzene rings is 1. The quantitative estimate of drug-likeness (QED) is 0.750. The van der Waals surface area contributed by atoms with Crippen LogP contribution in [0.2, 0.25) is 0 Å². The number of nitriles is 1. The Hall–Kier alpha value is -2.35. The Kier molecular flexibility index (Phi) is 1.99. The van der Waals surface area contributed by atoms with Gasteiger partial charge in [-0.1, -0.05) is 0 Å². The second-order valence-corrected chi connectivity index (χ2v) is 4.63. The van der Waals surface area contributed by atoms with Gasteiger partial charge in [0.15, 0.2) is 11.4 Å². The second kappa shape index (κ2) is 3.33. The normalized spacial score (nSPS) is 16.4. The third kappa shape index (κ3) is 1.32. The third-order valence-electron chi connectivity index (χ3n) is 3.45. The number of oxazole rings is 1. The number of hydrogen-bond donors (Lipinski definition) is 0. The molecule has 1 fully saturated rings. The van der Waals surface area contributed by atoms with E-state index >= 15 is 0 Å². The van der Waals surface area contributed by atoms with Gasteiger partial charge in [0.25, 0.3) is 0 Å². The topological polar surface area (TPSA) is 76.0 Å². The molecule has 0 aliphatic heterocycles. The number of carbonyl (C=O) groups is 1. The molecule has 90 valence electrons. The van der Waals surface area contributed by atoms with Crippen LogP contribution < -0.4 is 5.76 Å². The number of fused-ring (bicyclic) bond motifs is 1. The van der Waals surface area contributed by atoms with Crippen LogP contribution in [0.15, 0.2) is 27.4 Å². The van der Waals surface area contributed by atoms with Crippen LogP contribution in [0.25, 0.3) is 11.1 Å². The molecule has 1 aliphatic carbocycles. The van der Waals surface area contributed by atoms with Crippen molar-refractivity contribution in [2.24, 2.45) is 12.5 Å². The van der Waals surface area contributed by atoms with Crippen LogP contribution in [0.4, 0.5) is 0 Å². The SMILES string of the molecule is Cn1c(=O)oc2cc(C(=O)C3(C#N)CC3)ccc21. The molecule has 5 heteroatoms. The maximum absolute atomic E-state index is 12.1. The first-order valence-electron chi connectivity index (χ1n) is 5.63. The molecule has 0 amide bonds. The van der Waals surface area contributed by atoms with Crippen LogP contribution in [0.3, 0.4) is 0 Å². The number of hydrogen-bond acceptors (Lipinski definition) is 4. The van der Waals surface area contributed by atoms with Crippen LogP contribution in [0.5, 0.6) is 0 Å². The lowest BCUT2D eigenvalue weighted by Gasteiger charge is -2.04. The number of ketones is 1. The number of Topliss-reactive ketones (excluding diaryl/α,β-unsaturated/α-hetero) is 1. The van der Waals surface area contributed by atoms with Crippen molar-refractivity contribution in [1.82, 2.24) is 4.57 Å². The van der Waals surface area contributed by atoms with Crippen molar-refractivity contribution >= 4 is 16.9 Å². The molecule has 1 aliphatic rings. The van der Waals surface area contributed by atoms with E-state index in [1.54, 1.807) is 19.2 Å². The maximum atomic E-state index is 12.1. The minimum absolute atomic E-state index is 0.182. The molecule has 1 aromatic heterocycles. The third-order valence-corrected chi connectivity index (χ3v) is 3.45. The Morgan fingerprint density at radius 3 is 2.83 bits per heavy atom. The lowest BCUT2D eigenvalue weighted by atomic mass is 9.96. The largest absolute Gasteiger partial charge is 0.419 e. The Bertz CT molecular complexity index is 757. The van der Waals surface area contributed by atoms with Gasteiger partial charge in [-0.25, -0.2) is 4.79 Å². The summed E-state index contributed by atoms with van der Waals surface area (Å²) in [5.74, 6) is -0.644. The first-order chi connectivity index (χ1) is 8.57. The van der Waals surface area contributed by atoms with E-state index < -0.39 is 11.2 Å². The summed E-state index contributed by atoms with van der Waals surface area (Å²) in [4.78, 5) is 23.5. The minimum atomic E-state index is -0.844. The van der Waals surface area contributed by atoms with Crippen molar-refractivity contribution in [2.75, 3.05) is 0 Å². The summed E-state index contributed by atoms with van der Waals surface area (Å²) in [7, 11) is 1.60. The van der Waals surface area contributed by atoms with Gasteiger partial charge in [-0.3, -0.25) is 9.36 Å². The number of rotatable bonds is 2. The van der Waals surface area contributed by atoms with E-state index in [4.69, 9.17) is 9.68 Å². The smallest absolute Gasteiger partial charge is 0.408 e. The van der Waals surface area contributed by atoms with Crippen molar-refractivity contribution < 1.29 is 9.21 Å². The highest BCUT2D eigenvalue weighted by Gasteiger charge is 2.50. The molecule has 3 rings (SSSR count). The van der Waals surface area contributed by atoms with Gasteiger partial charge in [-0.15, -0.1) is 0 Å². The van der Waals surface area contributed by atoms with Crippen LogP contribution in [0.1, 0.15) is 23.2 Å². The Labute approximate surface area is 102 Å². The fraction of sp³-hybridized carbons (Fsp3) is 0.308. The summed E-state index contributed by atoms with van der Waals surface area (Å²) in [6.07, 6.45) is 1.22. The molecule has 0 bridgehead atoms. The van der Waals surface area contributed by atoms with Crippen LogP contribution in [0, 0.1) is 16.7 Å². The first-order valence-corrected chi connectivity index (χ1v) is 5.63. The van der Waals surface area contributed by atoms with Gasteiger partial charge in [-0.2, -0.15) is 5.26 Å². The van der Waals surface area contributed by atoms with Crippen LogP contribution in [-0.4, -0.2) is 10.4 Å². The van der Waals surface area contributed by atoms with Crippen molar-refractivity contribution in [3.05, 3.63) is 34.3 Å². The van der Waals surface area contributed by atoms with Gasteiger partial charge in [0.05, 0.1) is 11.6 Å². The molecule has 0 spiro atoms. The predicted molar refractivity (Wildman–Crippen MR) is 63.1 cm³/mol. The molecular formula is C13H10N2O3. The fourth-order valence-corrected chi connectivity index (χ4v) is 2.07. The molecule has 1 heterocycles. The zero-order chi connectivity index (χ0) is 12.9. The minimum Gasteiger partial charge on any atom is -0.408 e. The predicted octanol–water partition coefficient (Wildman–Crippen LogP) is 1.62. The van der Waals surface area contributed by atoms with Crippen molar-refractivity contribution in [3.8, 4) is 6.07 Å². The van der Waals surface area contributed by atoms with E-state index in [0.29, 0.717) is 29.5 Å².